The van der Waals surface area contributed by atoms with Crippen molar-refractivity contribution in [3.63, 3.8) is 0 Å². The molecule has 0 aliphatic carbocycles. The molecule has 1 unspecified atom stereocenters. The number of amides is 1. The monoisotopic (exact) mass is 303 g/mol. The van der Waals surface area contributed by atoms with Gasteiger partial charge >= 0.3 is 0 Å². The molecule has 2 rings (SSSR count). The molecule has 4 heteroatoms. The van der Waals surface area contributed by atoms with Gasteiger partial charge < -0.3 is 10.2 Å². The molecule has 0 spiro atoms. The van der Waals surface area contributed by atoms with Gasteiger partial charge in [-0.05, 0) is 31.2 Å². The highest BCUT2D eigenvalue weighted by atomic mass is 35.5. The van der Waals surface area contributed by atoms with Crippen molar-refractivity contribution in [2.45, 2.75) is 13.5 Å². The first-order chi connectivity index (χ1) is 10.0. The summed E-state index contributed by atoms with van der Waals surface area (Å²) in [6.45, 7) is 3.24. The van der Waals surface area contributed by atoms with Crippen molar-refractivity contribution in [2.24, 2.45) is 0 Å². The van der Waals surface area contributed by atoms with E-state index in [2.05, 4.69) is 5.32 Å². The summed E-state index contributed by atoms with van der Waals surface area (Å²) in [6.07, 6.45) is 0. The Kier molecular flexibility index (Phi) is 5.37. The first-order valence-corrected chi connectivity index (χ1v) is 7.33. The molecule has 0 saturated heterocycles. The number of halogens is 1. The maximum atomic E-state index is 12.0. The molecule has 0 saturated carbocycles. The van der Waals surface area contributed by atoms with E-state index in [9.17, 15) is 4.79 Å². The summed E-state index contributed by atoms with van der Waals surface area (Å²) < 4.78 is 0. The second-order valence-corrected chi connectivity index (χ2v) is 5.79. The minimum atomic E-state index is 0.0188. The molecule has 110 valence electrons. The summed E-state index contributed by atoms with van der Waals surface area (Å²) in [6, 6.07) is 15.5. The highest BCUT2D eigenvalue weighted by Crippen LogP contribution is 2.09. The fourth-order valence-electron chi connectivity index (χ4n) is 2.13. The third-order valence-corrected chi connectivity index (χ3v) is 3.47. The minimum Gasteiger partial charge on any atom is -0.326 e. The van der Waals surface area contributed by atoms with Gasteiger partial charge in [0.25, 0.3) is 5.91 Å². The van der Waals surface area contributed by atoms with Crippen LogP contribution in [0.4, 0.5) is 5.69 Å². The van der Waals surface area contributed by atoms with Crippen LogP contribution in [0.15, 0.2) is 48.5 Å². The molecular formula is C17H20ClN2O+. The Balaban J connectivity index is 1.84. The molecule has 1 amide bonds. The molecule has 3 nitrogen and oxygen atoms in total. The maximum Gasteiger partial charge on any atom is 0.279 e. The van der Waals surface area contributed by atoms with Crippen molar-refractivity contribution in [2.75, 3.05) is 18.9 Å². The zero-order valence-corrected chi connectivity index (χ0v) is 13.1. The molecule has 0 fully saturated rings. The fourth-order valence-corrected chi connectivity index (χ4v) is 2.26. The largest absolute Gasteiger partial charge is 0.326 e. The number of nitrogens with one attached hydrogen (secondary N) is 2. The van der Waals surface area contributed by atoms with Crippen LogP contribution in [0.2, 0.25) is 5.02 Å². The topological polar surface area (TPSA) is 33.5 Å². The van der Waals surface area contributed by atoms with Crippen LogP contribution in [0.25, 0.3) is 0 Å². The lowest BCUT2D eigenvalue weighted by molar-refractivity contribution is -0.885. The van der Waals surface area contributed by atoms with Crippen LogP contribution in [0, 0.1) is 6.92 Å². The molecule has 2 aromatic rings. The van der Waals surface area contributed by atoms with Gasteiger partial charge in [0.2, 0.25) is 0 Å². The summed E-state index contributed by atoms with van der Waals surface area (Å²) in [5, 5.41) is 3.64. The molecule has 0 aromatic heterocycles. The van der Waals surface area contributed by atoms with E-state index in [1.807, 2.05) is 62.5 Å². The lowest BCUT2D eigenvalue weighted by Crippen LogP contribution is -3.08. The second kappa shape index (κ2) is 7.25. The van der Waals surface area contributed by atoms with Gasteiger partial charge in [-0.25, -0.2) is 0 Å². The predicted molar refractivity (Wildman–Crippen MR) is 86.7 cm³/mol. The summed E-state index contributed by atoms with van der Waals surface area (Å²) in [5.41, 5.74) is 3.18. The smallest absolute Gasteiger partial charge is 0.279 e. The van der Waals surface area contributed by atoms with Crippen LogP contribution in [-0.4, -0.2) is 19.5 Å². The lowest BCUT2D eigenvalue weighted by Gasteiger charge is -2.14. The fraction of sp³-hybridized carbons (Fsp3) is 0.235. The van der Waals surface area contributed by atoms with Crippen LogP contribution in [-0.2, 0) is 11.3 Å². The number of hydrogen-bond acceptors (Lipinski definition) is 1. The quantitative estimate of drug-likeness (QED) is 0.873. The van der Waals surface area contributed by atoms with E-state index in [0.29, 0.717) is 6.54 Å². The number of quaternary nitrogens is 1. The van der Waals surface area contributed by atoms with Crippen molar-refractivity contribution in [1.29, 1.82) is 0 Å². The third kappa shape index (κ3) is 5.21. The Bertz CT molecular complexity index is 593. The van der Waals surface area contributed by atoms with Crippen molar-refractivity contribution >= 4 is 23.2 Å². The maximum absolute atomic E-state index is 12.0. The molecule has 21 heavy (non-hydrogen) atoms. The van der Waals surface area contributed by atoms with E-state index in [1.165, 1.54) is 11.1 Å². The lowest BCUT2D eigenvalue weighted by atomic mass is 10.2. The van der Waals surface area contributed by atoms with Gasteiger partial charge in [-0.2, -0.15) is 0 Å². The average molecular weight is 304 g/mol. The molecule has 0 bridgehead atoms. The number of carbonyl (C=O) groups excluding carboxylic acids is 1. The molecule has 2 aromatic carbocycles. The summed E-state index contributed by atoms with van der Waals surface area (Å²) in [4.78, 5) is 13.1. The van der Waals surface area contributed by atoms with E-state index in [-0.39, 0.29) is 5.91 Å². The second-order valence-electron chi connectivity index (χ2n) is 5.35. The number of aryl methyl sites for hydroxylation is 1. The zero-order valence-electron chi connectivity index (χ0n) is 12.3. The van der Waals surface area contributed by atoms with Crippen LogP contribution in [0.3, 0.4) is 0 Å². The van der Waals surface area contributed by atoms with Gasteiger partial charge in [0.1, 0.15) is 6.54 Å². The van der Waals surface area contributed by atoms with Gasteiger partial charge in [-0.3, -0.25) is 4.79 Å². The Hall–Kier alpha value is -1.84. The van der Waals surface area contributed by atoms with E-state index in [4.69, 9.17) is 11.6 Å². The Morgan fingerprint density at radius 1 is 1.10 bits per heavy atom. The molecule has 2 N–H and O–H groups in total. The van der Waals surface area contributed by atoms with Crippen molar-refractivity contribution in [3.8, 4) is 0 Å². The van der Waals surface area contributed by atoms with E-state index in [0.717, 1.165) is 22.2 Å². The Labute approximate surface area is 130 Å². The summed E-state index contributed by atoms with van der Waals surface area (Å²) in [7, 11) is 2.00. The van der Waals surface area contributed by atoms with Crippen LogP contribution < -0.4 is 10.2 Å². The van der Waals surface area contributed by atoms with E-state index >= 15 is 0 Å². The molecule has 0 aliphatic rings. The first-order valence-electron chi connectivity index (χ1n) is 6.95. The number of carbonyl (C=O) groups is 1. The normalized spacial score (nSPS) is 12.0. The highest BCUT2D eigenvalue weighted by molar-refractivity contribution is 6.30. The number of benzene rings is 2. The highest BCUT2D eigenvalue weighted by Gasteiger charge is 2.10. The molecular weight excluding hydrogens is 284 g/mol. The summed E-state index contributed by atoms with van der Waals surface area (Å²) >= 11 is 5.86. The van der Waals surface area contributed by atoms with Gasteiger partial charge in [0.15, 0.2) is 6.54 Å². The van der Waals surface area contributed by atoms with Crippen molar-refractivity contribution in [1.82, 2.24) is 0 Å². The average Bonchev–Trinajstić information content (AvgIpc) is 2.44. The Morgan fingerprint density at radius 2 is 1.71 bits per heavy atom. The van der Waals surface area contributed by atoms with Crippen molar-refractivity contribution < 1.29 is 9.69 Å². The van der Waals surface area contributed by atoms with Crippen molar-refractivity contribution in [3.05, 3.63) is 64.7 Å². The van der Waals surface area contributed by atoms with E-state index < -0.39 is 0 Å². The third-order valence-electron chi connectivity index (χ3n) is 3.22. The van der Waals surface area contributed by atoms with Gasteiger partial charge in [-0.1, -0.05) is 41.4 Å². The molecule has 0 heterocycles. The predicted octanol–water partition coefficient (Wildman–Crippen LogP) is 2.30. The van der Waals surface area contributed by atoms with Crippen LogP contribution in [0.5, 0.6) is 0 Å². The van der Waals surface area contributed by atoms with Gasteiger partial charge in [0.05, 0.1) is 7.05 Å². The number of rotatable bonds is 5. The van der Waals surface area contributed by atoms with Crippen LogP contribution in [0.1, 0.15) is 11.1 Å². The summed E-state index contributed by atoms with van der Waals surface area (Å²) in [5.74, 6) is 0.0188. The molecule has 0 aliphatic heterocycles. The van der Waals surface area contributed by atoms with Gasteiger partial charge in [0, 0.05) is 16.3 Å². The van der Waals surface area contributed by atoms with Crippen LogP contribution >= 0.6 is 11.6 Å². The Morgan fingerprint density at radius 3 is 2.33 bits per heavy atom. The number of anilines is 1. The zero-order chi connectivity index (χ0) is 15.2. The number of hydrogen-bond donors (Lipinski definition) is 2. The minimum absolute atomic E-state index is 0.0188. The van der Waals surface area contributed by atoms with E-state index in [1.54, 1.807) is 0 Å². The van der Waals surface area contributed by atoms with Gasteiger partial charge in [-0.15, -0.1) is 0 Å². The molecule has 1 atom stereocenters. The first kappa shape index (κ1) is 15.5. The number of likely N-dealkylation sites (N-methyl/N-ethyl adjacent to an activating group) is 1. The standard InChI is InChI=1S/C17H19ClN2O/c1-13-3-9-16(10-4-13)19-17(21)12-20(2)11-14-5-7-15(18)8-6-14/h3-10H,11-12H2,1-2H3,(H,19,21)/p+1. The molecule has 0 radical (unpaired) electrons. The SMILES string of the molecule is Cc1ccc(NC(=O)C[NH+](C)Cc2ccc(Cl)cc2)cc1.